The molecular formula is C23H20N2O4S. The van der Waals surface area contributed by atoms with Crippen LogP contribution in [0.1, 0.15) is 11.3 Å². The van der Waals surface area contributed by atoms with Crippen LogP contribution in [0.3, 0.4) is 0 Å². The molecule has 0 atom stereocenters. The molecule has 4 rings (SSSR count). The van der Waals surface area contributed by atoms with Crippen molar-refractivity contribution >= 4 is 32.4 Å². The molecule has 0 fully saturated rings. The third-order valence-electron chi connectivity index (χ3n) is 4.68. The maximum atomic E-state index is 12.6. The van der Waals surface area contributed by atoms with Crippen molar-refractivity contribution in [1.82, 2.24) is 4.72 Å². The number of rotatable bonds is 7. The molecule has 152 valence electrons. The topological polar surface area (TPSA) is 88.4 Å². The number of fused-ring (bicyclic) bond motifs is 1. The van der Waals surface area contributed by atoms with Gasteiger partial charge in [-0.05, 0) is 46.7 Å². The minimum atomic E-state index is -3.74. The Bertz CT molecular complexity index is 1280. The maximum Gasteiger partial charge on any atom is 0.241 e. The summed E-state index contributed by atoms with van der Waals surface area (Å²) in [5, 5.41) is 4.88. The summed E-state index contributed by atoms with van der Waals surface area (Å²) in [6, 6.07) is 23.3. The predicted octanol–water partition coefficient (Wildman–Crippen LogP) is 4.09. The van der Waals surface area contributed by atoms with Crippen molar-refractivity contribution in [2.24, 2.45) is 0 Å². The molecular weight excluding hydrogens is 400 g/mol. The van der Waals surface area contributed by atoms with Gasteiger partial charge in [0.1, 0.15) is 5.76 Å². The average Bonchev–Trinajstić information content (AvgIpc) is 3.27. The first kappa shape index (κ1) is 19.9. The van der Waals surface area contributed by atoms with Gasteiger partial charge in [-0.2, -0.15) is 0 Å². The Balaban J connectivity index is 1.46. The highest BCUT2D eigenvalue weighted by Gasteiger charge is 2.16. The van der Waals surface area contributed by atoms with Crippen LogP contribution in [-0.2, 0) is 27.8 Å². The number of hydrogen-bond acceptors (Lipinski definition) is 4. The van der Waals surface area contributed by atoms with Gasteiger partial charge in [-0.1, -0.05) is 48.5 Å². The van der Waals surface area contributed by atoms with Crippen LogP contribution in [0.25, 0.3) is 10.8 Å². The minimum absolute atomic E-state index is 0.0486. The van der Waals surface area contributed by atoms with Crippen LogP contribution in [0.4, 0.5) is 5.69 Å². The van der Waals surface area contributed by atoms with Crippen LogP contribution in [0.2, 0.25) is 0 Å². The van der Waals surface area contributed by atoms with Gasteiger partial charge >= 0.3 is 0 Å². The van der Waals surface area contributed by atoms with Gasteiger partial charge in [0.15, 0.2) is 0 Å². The molecule has 3 aromatic carbocycles. The van der Waals surface area contributed by atoms with Crippen LogP contribution in [0.15, 0.2) is 94.4 Å². The van der Waals surface area contributed by atoms with Gasteiger partial charge in [-0.25, -0.2) is 13.1 Å². The van der Waals surface area contributed by atoms with Crippen molar-refractivity contribution in [2.75, 3.05) is 5.32 Å². The first-order valence-corrected chi connectivity index (χ1v) is 10.9. The van der Waals surface area contributed by atoms with Crippen molar-refractivity contribution in [3.8, 4) is 0 Å². The van der Waals surface area contributed by atoms with E-state index in [1.165, 1.54) is 18.4 Å². The summed E-state index contributed by atoms with van der Waals surface area (Å²) in [4.78, 5) is 12.6. The molecule has 2 N–H and O–H groups in total. The van der Waals surface area contributed by atoms with Gasteiger partial charge < -0.3 is 9.73 Å². The first-order valence-electron chi connectivity index (χ1n) is 9.40. The SMILES string of the molecule is O=C(Cc1cccc2ccccc12)Nc1cccc(S(=O)(=O)NCc2ccco2)c1. The van der Waals surface area contributed by atoms with Gasteiger partial charge in [0.25, 0.3) is 0 Å². The predicted molar refractivity (Wildman–Crippen MR) is 115 cm³/mol. The largest absolute Gasteiger partial charge is 0.468 e. The fourth-order valence-corrected chi connectivity index (χ4v) is 4.27. The van der Waals surface area contributed by atoms with Crippen molar-refractivity contribution in [3.63, 3.8) is 0 Å². The van der Waals surface area contributed by atoms with E-state index in [0.29, 0.717) is 11.4 Å². The summed E-state index contributed by atoms with van der Waals surface area (Å²) in [5.74, 6) is 0.294. The molecule has 0 aliphatic carbocycles. The van der Waals surface area contributed by atoms with Gasteiger partial charge in [-0.3, -0.25) is 4.79 Å². The molecule has 0 saturated heterocycles. The molecule has 4 aromatic rings. The Morgan fingerprint density at radius 3 is 2.53 bits per heavy atom. The van der Waals surface area contributed by atoms with E-state index in [0.717, 1.165) is 16.3 Å². The van der Waals surface area contributed by atoms with E-state index in [1.54, 1.807) is 24.3 Å². The van der Waals surface area contributed by atoms with E-state index >= 15 is 0 Å². The number of carbonyl (C=O) groups excluding carboxylic acids is 1. The van der Waals surface area contributed by atoms with Crippen molar-refractivity contribution < 1.29 is 17.6 Å². The number of carbonyl (C=O) groups is 1. The summed E-state index contributed by atoms with van der Waals surface area (Å²) in [6.45, 7) is 0.0486. The van der Waals surface area contributed by atoms with Gasteiger partial charge in [0.05, 0.1) is 24.1 Å². The van der Waals surface area contributed by atoms with Crippen LogP contribution in [-0.4, -0.2) is 14.3 Å². The lowest BCUT2D eigenvalue weighted by Gasteiger charge is -2.10. The molecule has 0 spiro atoms. The van der Waals surface area contributed by atoms with Crippen LogP contribution in [0, 0.1) is 0 Å². The third-order valence-corrected chi connectivity index (χ3v) is 6.07. The van der Waals surface area contributed by atoms with Crippen LogP contribution >= 0.6 is 0 Å². The van der Waals surface area contributed by atoms with Crippen LogP contribution < -0.4 is 10.0 Å². The molecule has 0 aliphatic heterocycles. The molecule has 0 saturated carbocycles. The summed E-state index contributed by atoms with van der Waals surface area (Å²) in [6.07, 6.45) is 1.67. The summed E-state index contributed by atoms with van der Waals surface area (Å²) >= 11 is 0. The van der Waals surface area contributed by atoms with Crippen molar-refractivity contribution in [2.45, 2.75) is 17.9 Å². The zero-order valence-electron chi connectivity index (χ0n) is 16.0. The molecule has 0 unspecified atom stereocenters. The van der Waals surface area contributed by atoms with Gasteiger partial charge in [0, 0.05) is 5.69 Å². The number of anilines is 1. The molecule has 0 radical (unpaired) electrons. The molecule has 7 heteroatoms. The summed E-state index contributed by atoms with van der Waals surface area (Å²) in [7, 11) is -3.74. The van der Waals surface area contributed by atoms with Gasteiger partial charge in [0.2, 0.25) is 15.9 Å². The number of amides is 1. The standard InChI is InChI=1S/C23H20N2O4S/c26-23(14-18-8-3-7-17-6-1-2-12-22(17)18)25-19-9-4-11-21(15-19)30(27,28)24-16-20-10-5-13-29-20/h1-13,15,24H,14,16H2,(H,25,26). The van der Waals surface area contributed by atoms with E-state index in [1.807, 2.05) is 42.5 Å². The number of furan rings is 1. The highest BCUT2D eigenvalue weighted by molar-refractivity contribution is 7.89. The number of sulfonamides is 1. The lowest BCUT2D eigenvalue weighted by atomic mass is 10.0. The fourth-order valence-electron chi connectivity index (χ4n) is 3.23. The van der Waals surface area contributed by atoms with Crippen molar-refractivity contribution in [1.29, 1.82) is 0 Å². The highest BCUT2D eigenvalue weighted by Crippen LogP contribution is 2.20. The molecule has 1 heterocycles. The normalized spacial score (nSPS) is 11.5. The second-order valence-electron chi connectivity index (χ2n) is 6.79. The fraction of sp³-hybridized carbons (Fsp3) is 0.0870. The van der Waals surface area contributed by atoms with E-state index in [2.05, 4.69) is 10.0 Å². The highest BCUT2D eigenvalue weighted by atomic mass is 32.2. The Morgan fingerprint density at radius 2 is 1.70 bits per heavy atom. The molecule has 1 amide bonds. The Labute approximate surface area is 174 Å². The maximum absolute atomic E-state index is 12.6. The monoisotopic (exact) mass is 420 g/mol. The smallest absolute Gasteiger partial charge is 0.241 e. The lowest BCUT2D eigenvalue weighted by molar-refractivity contribution is -0.115. The minimum Gasteiger partial charge on any atom is -0.468 e. The zero-order chi connectivity index (χ0) is 21.0. The Morgan fingerprint density at radius 1 is 0.900 bits per heavy atom. The average molecular weight is 420 g/mol. The zero-order valence-corrected chi connectivity index (χ0v) is 16.9. The number of nitrogens with one attached hydrogen (secondary N) is 2. The molecule has 0 aliphatic rings. The Hall–Kier alpha value is -3.42. The first-order chi connectivity index (χ1) is 14.5. The second kappa shape index (κ2) is 8.52. The number of hydrogen-bond donors (Lipinski definition) is 2. The summed E-state index contributed by atoms with van der Waals surface area (Å²) in [5.41, 5.74) is 1.33. The molecule has 30 heavy (non-hydrogen) atoms. The van der Waals surface area contributed by atoms with Crippen LogP contribution in [0.5, 0.6) is 0 Å². The van der Waals surface area contributed by atoms with E-state index in [-0.39, 0.29) is 23.8 Å². The van der Waals surface area contributed by atoms with E-state index in [4.69, 9.17) is 4.42 Å². The Kier molecular flexibility index (Phi) is 5.65. The second-order valence-corrected chi connectivity index (χ2v) is 8.56. The quantitative estimate of drug-likeness (QED) is 0.471. The van der Waals surface area contributed by atoms with Crippen molar-refractivity contribution in [3.05, 3.63) is 96.4 Å². The third kappa shape index (κ3) is 4.59. The summed E-state index contributed by atoms with van der Waals surface area (Å²) < 4.78 is 32.7. The van der Waals surface area contributed by atoms with Gasteiger partial charge in [-0.15, -0.1) is 0 Å². The molecule has 0 bridgehead atoms. The number of benzene rings is 3. The van der Waals surface area contributed by atoms with E-state index < -0.39 is 10.0 Å². The molecule has 1 aromatic heterocycles. The molecule has 6 nitrogen and oxygen atoms in total. The lowest BCUT2D eigenvalue weighted by Crippen LogP contribution is -2.23. The van der Waals surface area contributed by atoms with E-state index in [9.17, 15) is 13.2 Å².